The number of H-pyrrole nitrogens is 1. The summed E-state index contributed by atoms with van der Waals surface area (Å²) < 4.78 is 1.15. The van der Waals surface area contributed by atoms with E-state index in [1.807, 2.05) is 13.8 Å². The highest BCUT2D eigenvalue weighted by Gasteiger charge is 2.11. The number of aromatic amines is 1. The Balaban J connectivity index is 2.97. The van der Waals surface area contributed by atoms with Gasteiger partial charge < -0.3 is 5.73 Å². The van der Waals surface area contributed by atoms with Crippen LogP contribution in [0.1, 0.15) is 11.3 Å². The van der Waals surface area contributed by atoms with Crippen LogP contribution in [0.15, 0.2) is 0 Å². The first-order valence-corrected chi connectivity index (χ1v) is 4.95. The third-order valence-electron chi connectivity index (χ3n) is 2.07. The Morgan fingerprint density at radius 1 is 1.38 bits per heavy atom. The summed E-state index contributed by atoms with van der Waals surface area (Å²) in [5.41, 5.74) is 8.58. The third-order valence-corrected chi connectivity index (χ3v) is 3.66. The van der Waals surface area contributed by atoms with Crippen LogP contribution < -0.4 is 5.73 Å². The quantitative estimate of drug-likeness (QED) is 0.726. The number of nitrogen functional groups attached to an aromatic ring is 1. The highest BCUT2D eigenvalue weighted by Crippen LogP contribution is 2.25. The molecule has 3 N–H and O–H groups in total. The Labute approximate surface area is 89.1 Å². The molecule has 5 heteroatoms. The van der Waals surface area contributed by atoms with Crippen LogP contribution in [-0.4, -0.2) is 15.2 Å². The first kappa shape index (κ1) is 8.74. The summed E-state index contributed by atoms with van der Waals surface area (Å²) in [6.45, 7) is 4.00. The maximum Gasteiger partial charge on any atom is 0.183 e. The summed E-state index contributed by atoms with van der Waals surface area (Å²) in [4.78, 5) is 4.33. The molecule has 0 bridgehead atoms. The number of nitrogens with two attached hydrogens (primary N) is 1. The van der Waals surface area contributed by atoms with Crippen molar-refractivity contribution in [3.63, 3.8) is 0 Å². The van der Waals surface area contributed by atoms with Gasteiger partial charge in [-0.2, -0.15) is 5.10 Å². The summed E-state index contributed by atoms with van der Waals surface area (Å²) in [6, 6.07) is 0. The van der Waals surface area contributed by atoms with Gasteiger partial charge in [-0.25, -0.2) is 4.98 Å². The summed E-state index contributed by atoms with van der Waals surface area (Å²) in [5.74, 6) is 0.595. The van der Waals surface area contributed by atoms with E-state index in [4.69, 9.17) is 5.73 Å². The molecule has 4 nitrogen and oxygen atoms in total. The molecule has 0 saturated carbocycles. The van der Waals surface area contributed by atoms with Gasteiger partial charge >= 0.3 is 0 Å². The molecule has 0 amide bonds. The smallest absolute Gasteiger partial charge is 0.183 e. The van der Waals surface area contributed by atoms with Crippen molar-refractivity contribution < 1.29 is 0 Å². The summed E-state index contributed by atoms with van der Waals surface area (Å²) in [6.07, 6.45) is 0. The molecule has 0 spiro atoms. The molecular formula is C8H9IN4. The van der Waals surface area contributed by atoms with E-state index >= 15 is 0 Å². The molecule has 0 unspecified atom stereocenters. The zero-order chi connectivity index (χ0) is 9.59. The zero-order valence-corrected chi connectivity index (χ0v) is 9.51. The number of nitrogens with zero attached hydrogens (tertiary/aromatic N) is 2. The van der Waals surface area contributed by atoms with Crippen LogP contribution in [0.25, 0.3) is 11.0 Å². The summed E-state index contributed by atoms with van der Waals surface area (Å²) in [5, 5.41) is 7.69. The van der Waals surface area contributed by atoms with Gasteiger partial charge in [-0.1, -0.05) is 0 Å². The van der Waals surface area contributed by atoms with Gasteiger partial charge in [0.1, 0.15) is 5.82 Å². The second-order valence-electron chi connectivity index (χ2n) is 2.97. The number of aromatic nitrogens is 3. The van der Waals surface area contributed by atoms with Gasteiger partial charge in [-0.3, -0.25) is 5.10 Å². The number of pyridine rings is 1. The van der Waals surface area contributed by atoms with E-state index < -0.39 is 0 Å². The minimum absolute atomic E-state index is 0.595. The van der Waals surface area contributed by atoms with E-state index in [0.29, 0.717) is 11.5 Å². The van der Waals surface area contributed by atoms with E-state index in [1.54, 1.807) is 0 Å². The lowest BCUT2D eigenvalue weighted by Crippen LogP contribution is -1.93. The fourth-order valence-corrected chi connectivity index (χ4v) is 1.78. The van der Waals surface area contributed by atoms with Gasteiger partial charge in [0, 0.05) is 3.57 Å². The molecule has 0 aliphatic carbocycles. The molecule has 2 rings (SSSR count). The van der Waals surface area contributed by atoms with Gasteiger partial charge in [0.15, 0.2) is 5.65 Å². The largest absolute Gasteiger partial charge is 0.384 e. The number of hydrogen-bond acceptors (Lipinski definition) is 3. The number of aryl methyl sites for hydroxylation is 2. The van der Waals surface area contributed by atoms with Crippen molar-refractivity contribution >= 4 is 39.4 Å². The Bertz CT molecular complexity index is 474. The molecule has 0 aromatic carbocycles. The highest BCUT2D eigenvalue weighted by atomic mass is 127. The predicted molar refractivity (Wildman–Crippen MR) is 60.5 cm³/mol. The van der Waals surface area contributed by atoms with Crippen molar-refractivity contribution in [1.82, 2.24) is 15.2 Å². The Kier molecular flexibility index (Phi) is 1.90. The standard InChI is InChI=1S/C8H9IN4/c1-3-5-7(10)12-13-8(5)11-4(2)6(3)9/h1-2H3,(H3,10,11,12,13). The molecule has 2 aromatic heterocycles. The van der Waals surface area contributed by atoms with Crippen molar-refractivity contribution in [3.8, 4) is 0 Å². The fraction of sp³-hybridized carbons (Fsp3) is 0.250. The Morgan fingerprint density at radius 3 is 2.77 bits per heavy atom. The van der Waals surface area contributed by atoms with Crippen molar-refractivity contribution in [2.24, 2.45) is 0 Å². The minimum Gasteiger partial charge on any atom is -0.384 e. The molecule has 0 aliphatic heterocycles. The van der Waals surface area contributed by atoms with Gasteiger partial charge in [0.05, 0.1) is 11.1 Å². The van der Waals surface area contributed by atoms with Crippen molar-refractivity contribution in [2.45, 2.75) is 13.8 Å². The van der Waals surface area contributed by atoms with Crippen LogP contribution in [0.3, 0.4) is 0 Å². The number of fused-ring (bicyclic) bond motifs is 1. The monoisotopic (exact) mass is 288 g/mol. The lowest BCUT2D eigenvalue weighted by atomic mass is 10.2. The zero-order valence-electron chi connectivity index (χ0n) is 7.35. The second-order valence-corrected chi connectivity index (χ2v) is 4.05. The molecule has 13 heavy (non-hydrogen) atoms. The Morgan fingerprint density at radius 2 is 2.08 bits per heavy atom. The first-order chi connectivity index (χ1) is 6.11. The van der Waals surface area contributed by atoms with Gasteiger partial charge in [0.25, 0.3) is 0 Å². The molecule has 0 saturated heterocycles. The van der Waals surface area contributed by atoms with E-state index in [-0.39, 0.29) is 0 Å². The maximum atomic E-state index is 5.73. The molecule has 2 aromatic rings. The lowest BCUT2D eigenvalue weighted by Gasteiger charge is -2.02. The molecule has 0 radical (unpaired) electrons. The van der Waals surface area contributed by atoms with Crippen LogP contribution >= 0.6 is 22.6 Å². The normalized spacial score (nSPS) is 11.0. The van der Waals surface area contributed by atoms with Gasteiger partial charge in [-0.05, 0) is 42.0 Å². The number of hydrogen-bond donors (Lipinski definition) is 2. The maximum absolute atomic E-state index is 5.73. The van der Waals surface area contributed by atoms with Crippen molar-refractivity contribution in [2.75, 3.05) is 5.73 Å². The van der Waals surface area contributed by atoms with E-state index in [0.717, 1.165) is 20.2 Å². The number of rotatable bonds is 0. The van der Waals surface area contributed by atoms with Crippen LogP contribution in [-0.2, 0) is 0 Å². The second kappa shape index (κ2) is 2.83. The lowest BCUT2D eigenvalue weighted by molar-refractivity contribution is 1.09. The number of nitrogens with one attached hydrogen (secondary N) is 1. The average molecular weight is 288 g/mol. The molecule has 2 heterocycles. The van der Waals surface area contributed by atoms with Crippen LogP contribution in [0.4, 0.5) is 5.82 Å². The van der Waals surface area contributed by atoms with Crippen molar-refractivity contribution in [3.05, 3.63) is 14.8 Å². The number of anilines is 1. The third kappa shape index (κ3) is 1.18. The van der Waals surface area contributed by atoms with E-state index in [2.05, 4.69) is 37.8 Å². The van der Waals surface area contributed by atoms with Crippen LogP contribution in [0.2, 0.25) is 0 Å². The van der Waals surface area contributed by atoms with Crippen LogP contribution in [0.5, 0.6) is 0 Å². The SMILES string of the molecule is Cc1nc2n[nH]c(N)c2c(C)c1I. The van der Waals surface area contributed by atoms with Gasteiger partial charge in [-0.15, -0.1) is 0 Å². The summed E-state index contributed by atoms with van der Waals surface area (Å²) in [7, 11) is 0. The van der Waals surface area contributed by atoms with Crippen LogP contribution in [0, 0.1) is 17.4 Å². The summed E-state index contributed by atoms with van der Waals surface area (Å²) >= 11 is 2.27. The Hall–Kier alpha value is -0.850. The highest BCUT2D eigenvalue weighted by molar-refractivity contribution is 14.1. The average Bonchev–Trinajstić information content (AvgIpc) is 2.43. The first-order valence-electron chi connectivity index (χ1n) is 3.87. The molecule has 0 atom stereocenters. The number of halogens is 1. The molecule has 68 valence electrons. The molecule has 0 aliphatic rings. The van der Waals surface area contributed by atoms with E-state index in [9.17, 15) is 0 Å². The predicted octanol–water partition coefficient (Wildman–Crippen LogP) is 1.76. The van der Waals surface area contributed by atoms with Gasteiger partial charge in [0.2, 0.25) is 0 Å². The topological polar surface area (TPSA) is 67.6 Å². The van der Waals surface area contributed by atoms with E-state index in [1.165, 1.54) is 0 Å². The van der Waals surface area contributed by atoms with Crippen molar-refractivity contribution in [1.29, 1.82) is 0 Å². The minimum atomic E-state index is 0.595. The molecular weight excluding hydrogens is 279 g/mol. The fourth-order valence-electron chi connectivity index (χ4n) is 1.39. The molecule has 0 fully saturated rings.